The second-order valence-corrected chi connectivity index (χ2v) is 18.1. The maximum absolute atomic E-state index is 12.9. The molecule has 0 N–H and O–H groups in total. The van der Waals surface area contributed by atoms with Crippen LogP contribution in [-0.4, -0.2) is 50.3 Å². The van der Waals surface area contributed by atoms with Crippen molar-refractivity contribution in [1.82, 2.24) is 8.61 Å². The molecule has 4 atom stereocenters. The van der Waals surface area contributed by atoms with Gasteiger partial charge in [-0.25, -0.2) is 25.4 Å². The molecule has 50 heavy (non-hydrogen) atoms. The van der Waals surface area contributed by atoms with E-state index in [0.717, 1.165) is 41.5 Å². The predicted octanol–water partition coefficient (Wildman–Crippen LogP) is 8.36. The van der Waals surface area contributed by atoms with Crippen LogP contribution in [0, 0.1) is 11.8 Å². The number of hydrogen-bond acceptors (Lipinski definition) is 6. The monoisotopic (exact) mass is 842 g/mol. The number of nitrogens with zero attached hydrogens (tertiary/aromatic N) is 2. The second kappa shape index (κ2) is 16.4. The van der Waals surface area contributed by atoms with E-state index >= 15 is 0 Å². The van der Waals surface area contributed by atoms with Crippen molar-refractivity contribution in [3.8, 4) is 0 Å². The Morgan fingerprint density at radius 3 is 1.16 bits per heavy atom. The van der Waals surface area contributed by atoms with E-state index in [2.05, 4.69) is 31.9 Å². The SMILES string of the molecule is CC[C@@H]1CN(S(=O)(=O)c2ccc(Br)cc2)C(=O)C[C@H]1c1ccccc1.CC[C@@H]1CN(S(=O)(=O)c2ccc(Br)cc2)C(=O)C[C@H]1c1ccccc1. The Kier molecular flexibility index (Phi) is 12.4. The molecule has 4 aromatic rings. The highest BCUT2D eigenvalue weighted by atomic mass is 79.9. The molecule has 0 spiro atoms. The topological polar surface area (TPSA) is 109 Å². The van der Waals surface area contributed by atoms with Gasteiger partial charge in [-0.1, -0.05) is 119 Å². The first-order valence-corrected chi connectivity index (χ1v) is 21.1. The molecule has 4 aromatic carbocycles. The Morgan fingerprint density at radius 2 is 0.860 bits per heavy atom. The lowest BCUT2D eigenvalue weighted by Crippen LogP contribution is -2.46. The number of carbonyl (C=O) groups excluding carboxylic acids is 2. The minimum absolute atomic E-state index is 0.0649. The van der Waals surface area contributed by atoms with Gasteiger partial charge in [-0.3, -0.25) is 9.59 Å². The third kappa shape index (κ3) is 8.41. The Morgan fingerprint density at radius 1 is 0.540 bits per heavy atom. The molecular formula is C38H40Br2N2O6S2. The molecule has 264 valence electrons. The molecule has 2 aliphatic heterocycles. The zero-order valence-corrected chi connectivity index (χ0v) is 32.7. The number of benzene rings is 4. The van der Waals surface area contributed by atoms with Crippen LogP contribution in [0.15, 0.2) is 128 Å². The molecule has 2 aliphatic rings. The van der Waals surface area contributed by atoms with Crippen LogP contribution in [0.1, 0.15) is 62.5 Å². The molecular weight excluding hydrogens is 804 g/mol. The van der Waals surface area contributed by atoms with Crippen LogP contribution in [0.5, 0.6) is 0 Å². The summed E-state index contributed by atoms with van der Waals surface area (Å²) in [4.78, 5) is 25.6. The van der Waals surface area contributed by atoms with Crippen molar-refractivity contribution in [3.05, 3.63) is 129 Å². The number of piperidine rings is 2. The largest absolute Gasteiger partial charge is 0.274 e. The Hall–Kier alpha value is -3.32. The summed E-state index contributed by atoms with van der Waals surface area (Å²) in [5.41, 5.74) is 2.20. The zero-order chi connectivity index (χ0) is 36.1. The van der Waals surface area contributed by atoms with Crippen LogP contribution in [0.4, 0.5) is 0 Å². The van der Waals surface area contributed by atoms with Gasteiger partial charge in [-0.2, -0.15) is 0 Å². The smallest absolute Gasteiger partial charge is 0.266 e. The number of amides is 2. The lowest BCUT2D eigenvalue weighted by atomic mass is 9.79. The summed E-state index contributed by atoms with van der Waals surface area (Å²) in [6.45, 7) is 4.54. The van der Waals surface area contributed by atoms with E-state index in [0.29, 0.717) is 0 Å². The van der Waals surface area contributed by atoms with Crippen molar-refractivity contribution in [2.75, 3.05) is 13.1 Å². The molecule has 0 unspecified atom stereocenters. The average molecular weight is 845 g/mol. The summed E-state index contributed by atoms with van der Waals surface area (Å²) in [5, 5.41) is 0. The molecule has 2 saturated heterocycles. The number of hydrogen-bond donors (Lipinski definition) is 0. The summed E-state index contributed by atoms with van der Waals surface area (Å²) in [5.74, 6) is -0.302. The second-order valence-electron chi connectivity index (χ2n) is 12.5. The van der Waals surface area contributed by atoms with Gasteiger partial charge in [-0.05, 0) is 83.3 Å². The van der Waals surface area contributed by atoms with Crippen molar-refractivity contribution in [2.24, 2.45) is 11.8 Å². The molecule has 0 aromatic heterocycles. The third-order valence-corrected chi connectivity index (χ3v) is 14.3. The van der Waals surface area contributed by atoms with Gasteiger partial charge >= 0.3 is 0 Å². The van der Waals surface area contributed by atoms with Gasteiger partial charge in [0.25, 0.3) is 20.0 Å². The average Bonchev–Trinajstić information content (AvgIpc) is 3.12. The van der Waals surface area contributed by atoms with Crippen molar-refractivity contribution < 1.29 is 26.4 Å². The Bertz CT molecular complexity index is 1850. The molecule has 8 nitrogen and oxygen atoms in total. The van der Waals surface area contributed by atoms with E-state index in [-0.39, 0.29) is 71.2 Å². The van der Waals surface area contributed by atoms with E-state index in [1.165, 1.54) is 24.3 Å². The van der Waals surface area contributed by atoms with Crippen LogP contribution in [0.25, 0.3) is 0 Å². The van der Waals surface area contributed by atoms with Gasteiger partial charge < -0.3 is 0 Å². The molecule has 0 bridgehead atoms. The van der Waals surface area contributed by atoms with Crippen LogP contribution in [0.2, 0.25) is 0 Å². The van der Waals surface area contributed by atoms with Crippen molar-refractivity contribution >= 4 is 63.7 Å². The highest BCUT2D eigenvalue weighted by Gasteiger charge is 2.41. The lowest BCUT2D eigenvalue weighted by molar-refractivity contribution is -0.131. The Labute approximate surface area is 312 Å². The van der Waals surface area contributed by atoms with Crippen LogP contribution >= 0.6 is 31.9 Å². The number of halogens is 2. The molecule has 12 heteroatoms. The number of rotatable bonds is 8. The van der Waals surface area contributed by atoms with E-state index in [1.54, 1.807) is 24.3 Å². The van der Waals surface area contributed by atoms with E-state index in [9.17, 15) is 26.4 Å². The molecule has 6 rings (SSSR count). The van der Waals surface area contributed by atoms with Crippen LogP contribution in [-0.2, 0) is 29.6 Å². The van der Waals surface area contributed by atoms with Crippen LogP contribution < -0.4 is 0 Å². The predicted molar refractivity (Wildman–Crippen MR) is 201 cm³/mol. The maximum Gasteiger partial charge on any atom is 0.266 e. The first-order valence-electron chi connectivity index (χ1n) is 16.6. The zero-order valence-electron chi connectivity index (χ0n) is 27.9. The van der Waals surface area contributed by atoms with Gasteiger partial charge in [0.15, 0.2) is 0 Å². The quantitative estimate of drug-likeness (QED) is 0.177. The van der Waals surface area contributed by atoms with Crippen molar-refractivity contribution in [3.63, 3.8) is 0 Å². The highest BCUT2D eigenvalue weighted by molar-refractivity contribution is 9.10. The minimum Gasteiger partial charge on any atom is -0.274 e. The molecule has 0 aliphatic carbocycles. The molecule has 2 fully saturated rings. The van der Waals surface area contributed by atoms with Gasteiger partial charge in [0, 0.05) is 34.9 Å². The fourth-order valence-corrected chi connectivity index (χ4v) is 10.2. The van der Waals surface area contributed by atoms with E-state index in [1.807, 2.05) is 74.5 Å². The third-order valence-electron chi connectivity index (χ3n) is 9.59. The summed E-state index contributed by atoms with van der Waals surface area (Å²) < 4.78 is 55.3. The standard InChI is InChI=1S/2C19H20BrNO3S/c2*1-2-14-13-21(25(23,24)17-10-8-16(20)9-11-17)19(22)12-18(14)15-6-4-3-5-7-15/h2*3-11,14,18H,2,12-13H2,1H3/t2*14-,18-/m11/s1. The molecule has 2 amide bonds. The minimum atomic E-state index is -3.81. The first-order chi connectivity index (χ1) is 23.9. The van der Waals surface area contributed by atoms with E-state index < -0.39 is 20.0 Å². The number of sulfonamides is 2. The summed E-state index contributed by atoms with van der Waals surface area (Å²) in [7, 11) is -7.63. The van der Waals surface area contributed by atoms with Crippen molar-refractivity contribution in [2.45, 2.75) is 61.2 Å². The fourth-order valence-electron chi connectivity index (χ4n) is 6.74. The summed E-state index contributed by atoms with van der Waals surface area (Å²) in [6.07, 6.45) is 2.08. The lowest BCUT2D eigenvalue weighted by Gasteiger charge is -2.37. The maximum atomic E-state index is 12.9. The van der Waals surface area contributed by atoms with E-state index in [4.69, 9.17) is 0 Å². The fraction of sp³-hybridized carbons (Fsp3) is 0.316. The molecule has 0 saturated carbocycles. The van der Waals surface area contributed by atoms with Gasteiger partial charge in [0.1, 0.15) is 0 Å². The van der Waals surface area contributed by atoms with Crippen LogP contribution in [0.3, 0.4) is 0 Å². The van der Waals surface area contributed by atoms with Gasteiger partial charge in [0.05, 0.1) is 9.79 Å². The summed E-state index contributed by atoms with van der Waals surface area (Å²) in [6, 6.07) is 32.6. The normalized spacial score (nSPS) is 21.4. The Balaban J connectivity index is 0.000000194. The van der Waals surface area contributed by atoms with Gasteiger partial charge in [-0.15, -0.1) is 0 Å². The van der Waals surface area contributed by atoms with Gasteiger partial charge in [0.2, 0.25) is 11.8 Å². The molecule has 2 heterocycles. The first kappa shape index (κ1) is 37.9. The summed E-state index contributed by atoms with van der Waals surface area (Å²) >= 11 is 6.60. The van der Waals surface area contributed by atoms with Crippen molar-refractivity contribution in [1.29, 1.82) is 0 Å². The molecule has 0 radical (unpaired) electrons. The highest BCUT2D eigenvalue weighted by Crippen LogP contribution is 2.39. The number of carbonyl (C=O) groups is 2.